The molecule has 0 amide bonds. The molecule has 0 spiro atoms. The third kappa shape index (κ3) is 2.29. The summed E-state index contributed by atoms with van der Waals surface area (Å²) >= 11 is 6.03. The molecule has 0 aliphatic carbocycles. The standard InChI is InChI=1S/C16H16ClNO2/c1-20-15-9-11(8-13(17)16(15)19)10-18-7-6-12-4-2-3-5-14(12)18/h2-5,8-9,19H,6-7,10H2,1H3. The Morgan fingerprint density at radius 3 is 2.90 bits per heavy atom. The van der Waals surface area contributed by atoms with Crippen molar-refractivity contribution in [1.29, 1.82) is 0 Å². The van der Waals surface area contributed by atoms with Gasteiger partial charge in [0.2, 0.25) is 0 Å². The van der Waals surface area contributed by atoms with E-state index < -0.39 is 0 Å². The number of phenols is 1. The van der Waals surface area contributed by atoms with Crippen LogP contribution >= 0.6 is 11.6 Å². The number of phenolic OH excluding ortho intramolecular Hbond substituents is 1. The maximum atomic E-state index is 9.77. The Balaban J connectivity index is 1.88. The summed E-state index contributed by atoms with van der Waals surface area (Å²) in [5, 5.41) is 10.1. The van der Waals surface area contributed by atoms with Crippen molar-refractivity contribution >= 4 is 17.3 Å². The smallest absolute Gasteiger partial charge is 0.176 e. The molecular formula is C16H16ClNO2. The Morgan fingerprint density at radius 1 is 1.30 bits per heavy atom. The maximum absolute atomic E-state index is 9.77. The summed E-state index contributed by atoms with van der Waals surface area (Å²) < 4.78 is 5.15. The number of aromatic hydroxyl groups is 1. The first-order valence-corrected chi connectivity index (χ1v) is 6.95. The predicted octanol–water partition coefficient (Wildman–Crippen LogP) is 3.62. The Bertz CT molecular complexity index is 642. The van der Waals surface area contributed by atoms with E-state index >= 15 is 0 Å². The van der Waals surface area contributed by atoms with E-state index in [-0.39, 0.29) is 5.75 Å². The highest BCUT2D eigenvalue weighted by Gasteiger charge is 2.19. The number of rotatable bonds is 3. The highest BCUT2D eigenvalue weighted by atomic mass is 35.5. The van der Waals surface area contributed by atoms with Gasteiger partial charge >= 0.3 is 0 Å². The molecule has 1 aliphatic rings. The van der Waals surface area contributed by atoms with Crippen LogP contribution in [0.3, 0.4) is 0 Å². The lowest BCUT2D eigenvalue weighted by atomic mass is 10.1. The third-order valence-electron chi connectivity index (χ3n) is 3.66. The second-order valence-electron chi connectivity index (χ2n) is 4.93. The molecule has 20 heavy (non-hydrogen) atoms. The molecule has 0 atom stereocenters. The van der Waals surface area contributed by atoms with Gasteiger partial charge in [-0.2, -0.15) is 0 Å². The largest absolute Gasteiger partial charge is 0.503 e. The van der Waals surface area contributed by atoms with Crippen LogP contribution in [-0.4, -0.2) is 18.8 Å². The zero-order valence-electron chi connectivity index (χ0n) is 11.3. The van der Waals surface area contributed by atoms with E-state index in [1.54, 1.807) is 6.07 Å². The van der Waals surface area contributed by atoms with Crippen molar-refractivity contribution in [3.8, 4) is 11.5 Å². The molecule has 4 heteroatoms. The highest BCUT2D eigenvalue weighted by molar-refractivity contribution is 6.32. The Labute approximate surface area is 123 Å². The molecule has 104 valence electrons. The van der Waals surface area contributed by atoms with Gasteiger partial charge in [-0.05, 0) is 35.7 Å². The first-order valence-electron chi connectivity index (χ1n) is 6.57. The Morgan fingerprint density at radius 2 is 2.10 bits per heavy atom. The zero-order chi connectivity index (χ0) is 14.1. The van der Waals surface area contributed by atoms with E-state index in [2.05, 4.69) is 29.2 Å². The van der Waals surface area contributed by atoms with E-state index in [0.29, 0.717) is 10.8 Å². The fourth-order valence-corrected chi connectivity index (χ4v) is 2.90. The number of nitrogens with zero attached hydrogens (tertiary/aromatic N) is 1. The van der Waals surface area contributed by atoms with Gasteiger partial charge in [0.15, 0.2) is 11.5 Å². The predicted molar refractivity (Wildman–Crippen MR) is 80.9 cm³/mol. The number of benzene rings is 2. The minimum Gasteiger partial charge on any atom is -0.503 e. The van der Waals surface area contributed by atoms with E-state index in [0.717, 1.165) is 25.1 Å². The van der Waals surface area contributed by atoms with Gasteiger partial charge in [-0.15, -0.1) is 0 Å². The molecule has 0 unspecified atom stereocenters. The molecule has 0 fully saturated rings. The lowest BCUT2D eigenvalue weighted by Gasteiger charge is -2.20. The summed E-state index contributed by atoms with van der Waals surface area (Å²) in [6.07, 6.45) is 1.07. The second kappa shape index (κ2) is 5.25. The van der Waals surface area contributed by atoms with Crippen LogP contribution in [0.4, 0.5) is 5.69 Å². The van der Waals surface area contributed by atoms with Crippen LogP contribution in [0.5, 0.6) is 11.5 Å². The van der Waals surface area contributed by atoms with Crippen LogP contribution in [0.2, 0.25) is 5.02 Å². The molecule has 2 aromatic rings. The molecule has 1 heterocycles. The SMILES string of the molecule is COc1cc(CN2CCc3ccccc32)cc(Cl)c1O. The topological polar surface area (TPSA) is 32.7 Å². The van der Waals surface area contributed by atoms with Crippen molar-refractivity contribution in [1.82, 2.24) is 0 Å². The molecule has 1 aliphatic heterocycles. The molecule has 0 radical (unpaired) electrons. The molecule has 3 rings (SSSR count). The van der Waals surface area contributed by atoms with E-state index in [1.165, 1.54) is 18.4 Å². The third-order valence-corrected chi connectivity index (χ3v) is 3.95. The van der Waals surface area contributed by atoms with Gasteiger partial charge < -0.3 is 14.7 Å². The molecule has 0 saturated heterocycles. The minimum atomic E-state index is -0.000242. The number of hydrogen-bond acceptors (Lipinski definition) is 3. The summed E-state index contributed by atoms with van der Waals surface area (Å²) in [6.45, 7) is 1.76. The van der Waals surface area contributed by atoms with Crippen molar-refractivity contribution in [2.24, 2.45) is 0 Å². The Hall–Kier alpha value is -1.87. The number of para-hydroxylation sites is 1. The van der Waals surface area contributed by atoms with E-state index in [9.17, 15) is 5.11 Å². The van der Waals surface area contributed by atoms with Crippen LogP contribution in [0.25, 0.3) is 0 Å². The molecule has 0 saturated carbocycles. The summed E-state index contributed by atoms with van der Waals surface area (Å²) in [6, 6.07) is 12.1. The fourth-order valence-electron chi connectivity index (χ4n) is 2.67. The number of fused-ring (bicyclic) bond motifs is 1. The average Bonchev–Trinajstić information content (AvgIpc) is 2.86. The zero-order valence-corrected chi connectivity index (χ0v) is 12.0. The van der Waals surface area contributed by atoms with Gasteiger partial charge in [0.25, 0.3) is 0 Å². The maximum Gasteiger partial charge on any atom is 0.176 e. The average molecular weight is 290 g/mol. The normalized spacial score (nSPS) is 13.4. The van der Waals surface area contributed by atoms with E-state index in [1.807, 2.05) is 6.07 Å². The van der Waals surface area contributed by atoms with Crippen LogP contribution < -0.4 is 9.64 Å². The monoisotopic (exact) mass is 289 g/mol. The van der Waals surface area contributed by atoms with Gasteiger partial charge in [0, 0.05) is 18.8 Å². The number of halogens is 1. The quantitative estimate of drug-likeness (QED) is 0.937. The summed E-state index contributed by atoms with van der Waals surface area (Å²) in [5.41, 5.74) is 3.68. The highest BCUT2D eigenvalue weighted by Crippen LogP contribution is 2.36. The molecule has 0 aromatic heterocycles. The van der Waals surface area contributed by atoms with Crippen molar-refractivity contribution in [2.45, 2.75) is 13.0 Å². The van der Waals surface area contributed by atoms with Crippen LogP contribution in [0.15, 0.2) is 36.4 Å². The van der Waals surface area contributed by atoms with Crippen LogP contribution in [-0.2, 0) is 13.0 Å². The molecule has 0 bridgehead atoms. The number of anilines is 1. The van der Waals surface area contributed by atoms with Gasteiger partial charge in [-0.1, -0.05) is 29.8 Å². The summed E-state index contributed by atoms with van der Waals surface area (Å²) in [7, 11) is 1.53. The number of ether oxygens (including phenoxy) is 1. The van der Waals surface area contributed by atoms with Crippen molar-refractivity contribution < 1.29 is 9.84 Å². The van der Waals surface area contributed by atoms with Crippen molar-refractivity contribution in [2.75, 3.05) is 18.6 Å². The summed E-state index contributed by atoms with van der Waals surface area (Å²) in [5.74, 6) is 0.416. The van der Waals surface area contributed by atoms with Gasteiger partial charge in [-0.3, -0.25) is 0 Å². The lowest BCUT2D eigenvalue weighted by molar-refractivity contribution is 0.373. The number of hydrogen-bond donors (Lipinski definition) is 1. The first-order chi connectivity index (χ1) is 9.69. The van der Waals surface area contributed by atoms with Crippen molar-refractivity contribution in [3.05, 3.63) is 52.5 Å². The lowest BCUT2D eigenvalue weighted by Crippen LogP contribution is -2.19. The van der Waals surface area contributed by atoms with Gasteiger partial charge in [-0.25, -0.2) is 0 Å². The number of methoxy groups -OCH3 is 1. The first kappa shape index (κ1) is 13.1. The Kier molecular flexibility index (Phi) is 3.45. The van der Waals surface area contributed by atoms with Crippen molar-refractivity contribution in [3.63, 3.8) is 0 Å². The molecule has 1 N–H and O–H groups in total. The van der Waals surface area contributed by atoms with Crippen LogP contribution in [0, 0.1) is 0 Å². The summed E-state index contributed by atoms with van der Waals surface area (Å²) in [4.78, 5) is 2.32. The fraction of sp³-hybridized carbons (Fsp3) is 0.250. The molecule has 3 nitrogen and oxygen atoms in total. The minimum absolute atomic E-state index is 0.000242. The van der Waals surface area contributed by atoms with E-state index in [4.69, 9.17) is 16.3 Å². The molecular weight excluding hydrogens is 274 g/mol. The van der Waals surface area contributed by atoms with Gasteiger partial charge in [0.05, 0.1) is 12.1 Å². The van der Waals surface area contributed by atoms with Crippen LogP contribution in [0.1, 0.15) is 11.1 Å². The molecule has 2 aromatic carbocycles. The second-order valence-corrected chi connectivity index (χ2v) is 5.34. The van der Waals surface area contributed by atoms with Gasteiger partial charge in [0.1, 0.15) is 0 Å².